The van der Waals surface area contributed by atoms with Crippen LogP contribution in [0.5, 0.6) is 5.75 Å². The van der Waals surface area contributed by atoms with Crippen LogP contribution in [0.4, 0.5) is 0 Å². The molecule has 1 aromatic heterocycles. The number of aryl methyl sites for hydroxylation is 1. The van der Waals surface area contributed by atoms with Gasteiger partial charge in [-0.05, 0) is 6.92 Å². The number of aldehydes is 1. The molecule has 88 valence electrons. The number of rotatable bonds is 4. The lowest BCUT2D eigenvalue weighted by Gasteiger charge is -2.28. The smallest absolute Gasteiger partial charge is 0.154 e. The van der Waals surface area contributed by atoms with Crippen molar-refractivity contribution in [2.24, 2.45) is 0 Å². The van der Waals surface area contributed by atoms with E-state index in [1.54, 1.807) is 0 Å². The summed E-state index contributed by atoms with van der Waals surface area (Å²) in [7, 11) is -5.11. The number of hydrogen-bond acceptors (Lipinski definition) is 7. The summed E-state index contributed by atoms with van der Waals surface area (Å²) in [6.45, 7) is 0.845. The highest BCUT2D eigenvalue weighted by Gasteiger charge is 2.11. The molecule has 1 heterocycles. The summed E-state index contributed by atoms with van der Waals surface area (Å²) in [6.07, 6.45) is 1.50. The van der Waals surface area contributed by atoms with Crippen molar-refractivity contribution in [2.75, 3.05) is 0 Å². The van der Waals surface area contributed by atoms with Crippen LogP contribution in [0.1, 0.15) is 21.6 Å². The topological polar surface area (TPSA) is 123 Å². The average molecular weight is 245 g/mol. The van der Waals surface area contributed by atoms with Crippen LogP contribution in [-0.2, 0) is 15.7 Å². The molecule has 0 unspecified atom stereocenters. The summed E-state index contributed by atoms with van der Waals surface area (Å²) in [5, 5.41) is 9.43. The van der Waals surface area contributed by atoms with E-state index in [1.807, 2.05) is 0 Å². The van der Waals surface area contributed by atoms with E-state index in [0.29, 0.717) is 6.29 Å². The first-order valence-electron chi connectivity index (χ1n) is 4.14. The molecule has 0 spiro atoms. The van der Waals surface area contributed by atoms with Crippen LogP contribution in [-0.4, -0.2) is 16.4 Å². The van der Waals surface area contributed by atoms with Gasteiger partial charge in [-0.2, -0.15) is 0 Å². The van der Waals surface area contributed by atoms with Crippen molar-refractivity contribution in [1.82, 2.24) is 4.98 Å². The van der Waals surface area contributed by atoms with E-state index >= 15 is 0 Å². The standard InChI is InChI=1S/C8H10NO6P/c1-5-8(11)7(3-10)6(2-9-5)4-15-16(12,13)14/h2-3,11H,4H2,1H3,(H2,12,13,14)/p-2. The molecule has 0 aromatic carbocycles. The van der Waals surface area contributed by atoms with Gasteiger partial charge < -0.3 is 24.0 Å². The molecule has 8 heteroatoms. The van der Waals surface area contributed by atoms with Gasteiger partial charge in [0.05, 0.1) is 25.7 Å². The van der Waals surface area contributed by atoms with Gasteiger partial charge in [0.15, 0.2) is 6.29 Å². The van der Waals surface area contributed by atoms with Gasteiger partial charge in [0.25, 0.3) is 0 Å². The third kappa shape index (κ3) is 3.11. The Morgan fingerprint density at radius 2 is 2.25 bits per heavy atom. The zero-order valence-electron chi connectivity index (χ0n) is 8.24. The molecule has 0 aliphatic carbocycles. The lowest BCUT2D eigenvalue weighted by atomic mass is 10.1. The second-order valence-corrected chi connectivity index (χ2v) is 4.12. The maximum Gasteiger partial charge on any atom is 0.154 e. The lowest BCUT2D eigenvalue weighted by Crippen LogP contribution is -2.16. The van der Waals surface area contributed by atoms with Crippen LogP contribution < -0.4 is 9.79 Å². The van der Waals surface area contributed by atoms with Gasteiger partial charge in [0.2, 0.25) is 0 Å². The van der Waals surface area contributed by atoms with Gasteiger partial charge in [-0.15, -0.1) is 0 Å². The number of pyridine rings is 1. The van der Waals surface area contributed by atoms with Crippen molar-refractivity contribution in [3.8, 4) is 5.75 Å². The average Bonchev–Trinajstić information content (AvgIpc) is 2.18. The monoisotopic (exact) mass is 245 g/mol. The molecular weight excluding hydrogens is 237 g/mol. The van der Waals surface area contributed by atoms with Gasteiger partial charge in [-0.25, -0.2) is 0 Å². The molecule has 0 aliphatic rings. The summed E-state index contributed by atoms with van der Waals surface area (Å²) < 4.78 is 14.2. The first kappa shape index (κ1) is 12.8. The largest absolute Gasteiger partial charge is 0.790 e. The van der Waals surface area contributed by atoms with Crippen molar-refractivity contribution in [1.29, 1.82) is 0 Å². The van der Waals surface area contributed by atoms with E-state index < -0.39 is 14.4 Å². The Labute approximate surface area is 91.0 Å². The third-order valence-corrected chi connectivity index (χ3v) is 2.30. The zero-order chi connectivity index (χ0) is 12.3. The predicted molar refractivity (Wildman–Crippen MR) is 48.4 cm³/mol. The molecule has 0 atom stereocenters. The maximum atomic E-state index is 10.7. The predicted octanol–water partition coefficient (Wildman–Crippen LogP) is -0.747. The van der Waals surface area contributed by atoms with Crippen LogP contribution in [0.15, 0.2) is 6.20 Å². The van der Waals surface area contributed by atoms with Crippen LogP contribution in [0.3, 0.4) is 0 Å². The third-order valence-electron chi connectivity index (χ3n) is 1.85. The number of aromatic nitrogens is 1. The van der Waals surface area contributed by atoms with Crippen molar-refractivity contribution >= 4 is 14.1 Å². The fraction of sp³-hybridized carbons (Fsp3) is 0.250. The van der Waals surface area contributed by atoms with Gasteiger partial charge in [-0.3, -0.25) is 9.78 Å². The molecule has 7 nitrogen and oxygen atoms in total. The molecule has 1 aromatic rings. The molecule has 1 rings (SSSR count). The molecule has 0 saturated carbocycles. The van der Waals surface area contributed by atoms with Gasteiger partial charge in [-0.1, -0.05) is 0 Å². The molecule has 0 saturated heterocycles. The SMILES string of the molecule is Cc1ncc(COP(=O)([O-])[O-])c(C=O)c1O. The fourth-order valence-corrected chi connectivity index (χ4v) is 1.34. The number of nitrogens with zero attached hydrogens (tertiary/aromatic N) is 1. The molecule has 0 radical (unpaired) electrons. The van der Waals surface area contributed by atoms with Gasteiger partial charge >= 0.3 is 0 Å². The molecule has 0 bridgehead atoms. The van der Waals surface area contributed by atoms with E-state index in [0.717, 1.165) is 6.20 Å². The minimum absolute atomic E-state index is 0.0324. The number of phosphoric ester groups is 1. The molecule has 0 amide bonds. The Balaban J connectivity index is 3.01. The van der Waals surface area contributed by atoms with E-state index in [-0.39, 0.29) is 22.6 Å². The lowest BCUT2D eigenvalue weighted by molar-refractivity contribution is -0.342. The summed E-state index contributed by atoms with van der Waals surface area (Å²) in [4.78, 5) is 34.8. The number of carbonyl (C=O) groups is 1. The second-order valence-electron chi connectivity index (χ2n) is 2.97. The molecule has 1 N–H and O–H groups in total. The Hall–Kier alpha value is -1.27. The summed E-state index contributed by atoms with van der Waals surface area (Å²) in [5.74, 6) is -0.359. The van der Waals surface area contributed by atoms with Crippen molar-refractivity contribution in [3.63, 3.8) is 0 Å². The van der Waals surface area contributed by atoms with E-state index in [1.165, 1.54) is 6.92 Å². The summed E-state index contributed by atoms with van der Waals surface area (Å²) >= 11 is 0. The second kappa shape index (κ2) is 4.71. The number of carbonyl (C=O) groups excluding carboxylic acids is 1. The van der Waals surface area contributed by atoms with E-state index in [9.17, 15) is 24.3 Å². The molecular formula is C8H8NO6P-2. The minimum atomic E-state index is -5.11. The Morgan fingerprint density at radius 1 is 1.62 bits per heavy atom. The first-order valence-corrected chi connectivity index (χ1v) is 5.60. The Bertz CT molecular complexity index is 454. The van der Waals surface area contributed by atoms with Gasteiger partial charge in [0.1, 0.15) is 5.75 Å². The van der Waals surface area contributed by atoms with E-state index in [4.69, 9.17) is 0 Å². The highest BCUT2D eigenvalue weighted by Crippen LogP contribution is 2.29. The summed E-state index contributed by atoms with van der Waals surface area (Å²) in [6, 6.07) is 0. The van der Waals surface area contributed by atoms with Crippen molar-refractivity contribution in [2.45, 2.75) is 13.5 Å². The first-order chi connectivity index (χ1) is 7.35. The van der Waals surface area contributed by atoms with E-state index in [2.05, 4.69) is 9.51 Å². The van der Waals surface area contributed by atoms with Gasteiger partial charge in [0, 0.05) is 11.8 Å². The Morgan fingerprint density at radius 3 is 2.75 bits per heavy atom. The van der Waals surface area contributed by atoms with Crippen LogP contribution in [0.25, 0.3) is 0 Å². The highest BCUT2D eigenvalue weighted by atomic mass is 31.2. The van der Waals surface area contributed by atoms with Crippen molar-refractivity contribution < 1.29 is 28.8 Å². The zero-order valence-corrected chi connectivity index (χ0v) is 9.14. The number of phosphoric acid groups is 1. The van der Waals surface area contributed by atoms with Crippen LogP contribution in [0, 0.1) is 6.92 Å². The maximum absolute atomic E-state index is 10.7. The molecule has 16 heavy (non-hydrogen) atoms. The minimum Gasteiger partial charge on any atom is -0.790 e. The van der Waals surface area contributed by atoms with Crippen LogP contribution >= 0.6 is 7.82 Å². The Kier molecular flexibility index (Phi) is 3.77. The fourth-order valence-electron chi connectivity index (χ4n) is 1.05. The number of aromatic hydroxyl groups is 1. The molecule has 0 aliphatic heterocycles. The van der Waals surface area contributed by atoms with Crippen molar-refractivity contribution in [3.05, 3.63) is 23.0 Å². The normalized spacial score (nSPS) is 11.4. The van der Waals surface area contributed by atoms with Crippen LogP contribution in [0.2, 0.25) is 0 Å². The quantitative estimate of drug-likeness (QED) is 0.546. The summed E-state index contributed by atoms with van der Waals surface area (Å²) in [5.41, 5.74) is 0.115. The number of hydrogen-bond donors (Lipinski definition) is 1. The highest BCUT2D eigenvalue weighted by molar-refractivity contribution is 7.43. The molecule has 0 fully saturated rings.